The molecule has 2 aliphatic rings. The summed E-state index contributed by atoms with van der Waals surface area (Å²) in [4.78, 5) is 0. The SMILES string of the molecule is CC(C)(C)C1CCCCC1(O)C1CCCC1. The van der Waals surface area contributed by atoms with E-state index in [4.69, 9.17) is 0 Å². The van der Waals surface area contributed by atoms with E-state index in [-0.39, 0.29) is 11.0 Å². The van der Waals surface area contributed by atoms with E-state index >= 15 is 0 Å². The lowest BCUT2D eigenvalue weighted by molar-refractivity contribution is -0.127. The first-order chi connectivity index (χ1) is 7.44. The van der Waals surface area contributed by atoms with Gasteiger partial charge in [-0.3, -0.25) is 0 Å². The lowest BCUT2D eigenvalue weighted by Crippen LogP contribution is -2.51. The number of aliphatic hydroxyl groups is 1. The first-order valence-electron chi connectivity index (χ1n) is 7.17. The quantitative estimate of drug-likeness (QED) is 0.709. The van der Waals surface area contributed by atoms with Crippen molar-refractivity contribution in [3.63, 3.8) is 0 Å². The van der Waals surface area contributed by atoms with Crippen LogP contribution in [-0.2, 0) is 0 Å². The van der Waals surface area contributed by atoms with Gasteiger partial charge in [0.2, 0.25) is 0 Å². The van der Waals surface area contributed by atoms with Crippen LogP contribution >= 0.6 is 0 Å². The molecule has 16 heavy (non-hydrogen) atoms. The molecule has 0 saturated heterocycles. The first kappa shape index (κ1) is 12.4. The van der Waals surface area contributed by atoms with E-state index in [9.17, 15) is 5.11 Å². The number of hydrogen-bond acceptors (Lipinski definition) is 1. The molecule has 0 aromatic heterocycles. The summed E-state index contributed by atoms with van der Waals surface area (Å²) in [5.74, 6) is 1.11. The van der Waals surface area contributed by atoms with Gasteiger partial charge in [0.25, 0.3) is 0 Å². The Balaban J connectivity index is 2.19. The van der Waals surface area contributed by atoms with Gasteiger partial charge in [-0.1, -0.05) is 46.5 Å². The van der Waals surface area contributed by atoms with E-state index in [1.807, 2.05) is 0 Å². The lowest BCUT2D eigenvalue weighted by Gasteiger charge is -2.50. The third-order valence-electron chi connectivity index (χ3n) is 5.03. The van der Waals surface area contributed by atoms with Crippen molar-refractivity contribution in [3.8, 4) is 0 Å². The van der Waals surface area contributed by atoms with E-state index in [0.29, 0.717) is 11.8 Å². The summed E-state index contributed by atoms with van der Waals surface area (Å²) < 4.78 is 0. The van der Waals surface area contributed by atoms with Gasteiger partial charge in [0, 0.05) is 0 Å². The third-order valence-corrected chi connectivity index (χ3v) is 5.03. The van der Waals surface area contributed by atoms with Crippen molar-refractivity contribution in [1.82, 2.24) is 0 Å². The van der Waals surface area contributed by atoms with Crippen LogP contribution < -0.4 is 0 Å². The Kier molecular flexibility index (Phi) is 3.36. The number of rotatable bonds is 1. The Morgan fingerprint density at radius 2 is 1.50 bits per heavy atom. The maximum Gasteiger partial charge on any atom is 0.0708 e. The second-order valence-corrected chi connectivity index (χ2v) is 7.14. The fourth-order valence-electron chi connectivity index (χ4n) is 4.28. The summed E-state index contributed by atoms with van der Waals surface area (Å²) in [6.45, 7) is 6.93. The normalized spacial score (nSPS) is 37.9. The van der Waals surface area contributed by atoms with Crippen LogP contribution in [0.2, 0.25) is 0 Å². The summed E-state index contributed by atoms with van der Waals surface area (Å²) in [5, 5.41) is 11.2. The van der Waals surface area contributed by atoms with Crippen molar-refractivity contribution >= 4 is 0 Å². The van der Waals surface area contributed by atoms with Gasteiger partial charge >= 0.3 is 0 Å². The van der Waals surface area contributed by atoms with Gasteiger partial charge in [-0.05, 0) is 42.9 Å². The molecule has 2 atom stereocenters. The van der Waals surface area contributed by atoms with Crippen molar-refractivity contribution in [1.29, 1.82) is 0 Å². The highest BCUT2D eigenvalue weighted by molar-refractivity contribution is 5.00. The van der Waals surface area contributed by atoms with Crippen LogP contribution in [0.5, 0.6) is 0 Å². The monoisotopic (exact) mass is 224 g/mol. The van der Waals surface area contributed by atoms with Gasteiger partial charge in [-0.25, -0.2) is 0 Å². The summed E-state index contributed by atoms with van der Waals surface area (Å²) in [7, 11) is 0. The average Bonchev–Trinajstić information content (AvgIpc) is 2.69. The van der Waals surface area contributed by atoms with Crippen molar-refractivity contribution in [2.24, 2.45) is 17.3 Å². The number of hydrogen-bond donors (Lipinski definition) is 1. The van der Waals surface area contributed by atoms with Gasteiger partial charge in [0.05, 0.1) is 5.60 Å². The molecule has 0 aliphatic heterocycles. The Labute approximate surface area is 101 Å². The van der Waals surface area contributed by atoms with E-state index < -0.39 is 0 Å². The van der Waals surface area contributed by atoms with Crippen LogP contribution in [0, 0.1) is 17.3 Å². The minimum atomic E-state index is -0.340. The highest BCUT2D eigenvalue weighted by Crippen LogP contribution is 2.51. The first-order valence-corrected chi connectivity index (χ1v) is 7.17. The predicted molar refractivity (Wildman–Crippen MR) is 68.3 cm³/mol. The maximum absolute atomic E-state index is 11.2. The van der Waals surface area contributed by atoms with E-state index in [1.54, 1.807) is 0 Å². The molecule has 1 heteroatoms. The minimum Gasteiger partial charge on any atom is -0.389 e. The van der Waals surface area contributed by atoms with Crippen LogP contribution in [0.1, 0.15) is 72.1 Å². The zero-order valence-electron chi connectivity index (χ0n) is 11.3. The lowest BCUT2D eigenvalue weighted by atomic mass is 9.59. The molecule has 94 valence electrons. The van der Waals surface area contributed by atoms with Gasteiger partial charge in [-0.2, -0.15) is 0 Å². The van der Waals surface area contributed by atoms with Gasteiger partial charge in [0.1, 0.15) is 0 Å². The second-order valence-electron chi connectivity index (χ2n) is 7.14. The fourth-order valence-corrected chi connectivity index (χ4v) is 4.28. The molecule has 2 unspecified atom stereocenters. The van der Waals surface area contributed by atoms with Crippen molar-refractivity contribution < 1.29 is 5.11 Å². The molecular weight excluding hydrogens is 196 g/mol. The van der Waals surface area contributed by atoms with E-state index in [0.717, 1.165) is 6.42 Å². The molecule has 2 fully saturated rings. The highest BCUT2D eigenvalue weighted by Gasteiger charge is 2.49. The van der Waals surface area contributed by atoms with Crippen LogP contribution in [0.25, 0.3) is 0 Å². The molecule has 1 nitrogen and oxygen atoms in total. The molecule has 0 aromatic rings. The zero-order chi connectivity index (χ0) is 11.8. The molecule has 0 heterocycles. The third kappa shape index (κ3) is 2.16. The Morgan fingerprint density at radius 1 is 0.938 bits per heavy atom. The average molecular weight is 224 g/mol. The van der Waals surface area contributed by atoms with Crippen LogP contribution in [0.3, 0.4) is 0 Å². The van der Waals surface area contributed by atoms with Crippen LogP contribution in [-0.4, -0.2) is 10.7 Å². The molecule has 0 aromatic carbocycles. The van der Waals surface area contributed by atoms with Crippen LogP contribution in [0.15, 0.2) is 0 Å². The minimum absolute atomic E-state index is 0.262. The van der Waals surface area contributed by atoms with E-state index in [1.165, 1.54) is 44.9 Å². The van der Waals surface area contributed by atoms with Crippen molar-refractivity contribution in [2.75, 3.05) is 0 Å². The molecule has 2 rings (SSSR count). The molecule has 1 N–H and O–H groups in total. The smallest absolute Gasteiger partial charge is 0.0708 e. The Morgan fingerprint density at radius 3 is 2.06 bits per heavy atom. The van der Waals surface area contributed by atoms with Gasteiger partial charge < -0.3 is 5.11 Å². The molecule has 2 saturated carbocycles. The molecule has 0 radical (unpaired) electrons. The van der Waals surface area contributed by atoms with Crippen molar-refractivity contribution in [3.05, 3.63) is 0 Å². The second kappa shape index (κ2) is 4.33. The topological polar surface area (TPSA) is 20.2 Å². The summed E-state index contributed by atoms with van der Waals surface area (Å²) in [6.07, 6.45) is 10.0. The summed E-state index contributed by atoms with van der Waals surface area (Å²) in [6, 6.07) is 0. The molecule has 2 aliphatic carbocycles. The van der Waals surface area contributed by atoms with E-state index in [2.05, 4.69) is 20.8 Å². The molecule has 0 amide bonds. The molecule has 0 bridgehead atoms. The molecule has 0 spiro atoms. The highest BCUT2D eigenvalue weighted by atomic mass is 16.3. The Hall–Kier alpha value is -0.0400. The summed E-state index contributed by atoms with van der Waals surface area (Å²) >= 11 is 0. The standard InChI is InChI=1S/C15H28O/c1-14(2,3)13-10-6-7-11-15(13,16)12-8-4-5-9-12/h12-13,16H,4-11H2,1-3H3. The Bertz CT molecular complexity index is 234. The van der Waals surface area contributed by atoms with Gasteiger partial charge in [0.15, 0.2) is 0 Å². The van der Waals surface area contributed by atoms with Crippen LogP contribution in [0.4, 0.5) is 0 Å². The fraction of sp³-hybridized carbons (Fsp3) is 1.00. The largest absolute Gasteiger partial charge is 0.389 e. The van der Waals surface area contributed by atoms with Gasteiger partial charge in [-0.15, -0.1) is 0 Å². The molecular formula is C15H28O. The maximum atomic E-state index is 11.2. The van der Waals surface area contributed by atoms with Crippen molar-refractivity contribution in [2.45, 2.75) is 77.7 Å². The summed E-state index contributed by atoms with van der Waals surface area (Å²) in [5.41, 5.74) is -0.0786. The predicted octanol–water partition coefficient (Wildman–Crippen LogP) is 4.14. The zero-order valence-corrected chi connectivity index (χ0v) is 11.3.